The third-order valence-electron chi connectivity index (χ3n) is 3.25. The normalized spacial score (nSPS) is 11.7. The minimum Gasteiger partial charge on any atom is -0.337 e. The first-order chi connectivity index (χ1) is 11.7. The average Bonchev–Trinajstić information content (AvgIpc) is 3.00. The van der Waals surface area contributed by atoms with Crippen LogP contribution in [-0.4, -0.2) is 14.7 Å². The second-order valence-electron chi connectivity index (χ2n) is 5.03. The first-order valence-corrected chi connectivity index (χ1v) is 7.17. The number of alkyl halides is 3. The summed E-state index contributed by atoms with van der Waals surface area (Å²) in [6.07, 6.45) is -4.04. The molecule has 0 aliphatic heterocycles. The van der Waals surface area contributed by atoms with Crippen molar-refractivity contribution in [2.45, 2.75) is 12.7 Å². The van der Waals surface area contributed by atoms with Gasteiger partial charge in [0.25, 0.3) is 5.56 Å². The molecule has 0 fully saturated rings. The van der Waals surface area contributed by atoms with Gasteiger partial charge in [0.1, 0.15) is 17.4 Å². The average molecular weight is 374 g/mol. The van der Waals surface area contributed by atoms with Gasteiger partial charge < -0.3 is 9.09 Å². The van der Waals surface area contributed by atoms with E-state index >= 15 is 0 Å². The van der Waals surface area contributed by atoms with Gasteiger partial charge in [0.05, 0.1) is 5.56 Å². The van der Waals surface area contributed by atoms with Gasteiger partial charge in [0.2, 0.25) is 11.7 Å². The van der Waals surface area contributed by atoms with Crippen molar-refractivity contribution in [1.29, 1.82) is 0 Å². The van der Waals surface area contributed by atoms with E-state index < -0.39 is 34.7 Å². The zero-order chi connectivity index (χ0) is 18.2. The predicted molar refractivity (Wildman–Crippen MR) is 79.5 cm³/mol. The van der Waals surface area contributed by atoms with Crippen LogP contribution in [0.5, 0.6) is 0 Å². The molecule has 0 spiro atoms. The smallest absolute Gasteiger partial charge is 0.337 e. The highest BCUT2D eigenvalue weighted by atomic mass is 35.5. The van der Waals surface area contributed by atoms with Crippen molar-refractivity contribution < 1.29 is 22.1 Å². The number of hydrogen-bond acceptors (Lipinski definition) is 4. The number of aromatic nitrogens is 3. The maximum Gasteiger partial charge on any atom is 0.417 e. The van der Waals surface area contributed by atoms with Crippen molar-refractivity contribution in [3.05, 3.63) is 69.2 Å². The van der Waals surface area contributed by atoms with Crippen LogP contribution in [0.4, 0.5) is 17.6 Å². The number of hydrogen-bond donors (Lipinski definition) is 0. The van der Waals surface area contributed by atoms with Crippen LogP contribution in [0, 0.1) is 5.82 Å². The summed E-state index contributed by atoms with van der Waals surface area (Å²) < 4.78 is 57.0. The topological polar surface area (TPSA) is 60.9 Å². The molecule has 0 amide bonds. The molecule has 0 N–H and O–H groups in total. The molecule has 3 aromatic rings. The summed E-state index contributed by atoms with van der Waals surface area (Å²) in [4.78, 5) is 15.9. The number of rotatable bonds is 3. The molecule has 130 valence electrons. The summed E-state index contributed by atoms with van der Waals surface area (Å²) >= 11 is 5.57. The van der Waals surface area contributed by atoms with Gasteiger partial charge in [0.15, 0.2) is 0 Å². The summed E-state index contributed by atoms with van der Waals surface area (Å²) in [5.74, 6) is -0.435. The molecule has 5 nitrogen and oxygen atoms in total. The van der Waals surface area contributed by atoms with Gasteiger partial charge >= 0.3 is 6.18 Å². The number of nitrogens with zero attached hydrogens (tertiary/aromatic N) is 3. The Balaban J connectivity index is 1.92. The van der Waals surface area contributed by atoms with E-state index in [1.165, 1.54) is 24.3 Å². The number of pyridine rings is 1. The molecular weight excluding hydrogens is 366 g/mol. The van der Waals surface area contributed by atoms with Gasteiger partial charge in [-0.25, -0.2) is 4.39 Å². The monoisotopic (exact) mass is 373 g/mol. The summed E-state index contributed by atoms with van der Waals surface area (Å²) in [7, 11) is 0. The van der Waals surface area contributed by atoms with E-state index in [1.54, 1.807) is 0 Å². The maximum atomic E-state index is 12.9. The molecule has 2 aromatic heterocycles. The summed E-state index contributed by atoms with van der Waals surface area (Å²) in [5, 5.41) is 3.08. The second kappa shape index (κ2) is 6.32. The molecule has 0 atom stereocenters. The predicted octanol–water partition coefficient (Wildman–Crippen LogP) is 3.76. The lowest BCUT2D eigenvalue weighted by molar-refractivity contribution is -0.138. The minimum absolute atomic E-state index is 0.100. The van der Waals surface area contributed by atoms with Crippen LogP contribution in [0.2, 0.25) is 5.02 Å². The Morgan fingerprint density at radius 3 is 2.52 bits per heavy atom. The van der Waals surface area contributed by atoms with Crippen LogP contribution in [0.15, 0.2) is 45.8 Å². The lowest BCUT2D eigenvalue weighted by Gasteiger charge is -2.10. The third kappa shape index (κ3) is 3.71. The lowest BCUT2D eigenvalue weighted by atomic mass is 10.2. The lowest BCUT2D eigenvalue weighted by Crippen LogP contribution is -2.23. The number of benzene rings is 1. The quantitative estimate of drug-likeness (QED) is 0.656. The van der Waals surface area contributed by atoms with Crippen molar-refractivity contribution in [3.63, 3.8) is 0 Å². The second-order valence-corrected chi connectivity index (χ2v) is 5.43. The Hall–Kier alpha value is -2.68. The van der Waals surface area contributed by atoms with Gasteiger partial charge in [0, 0.05) is 11.8 Å². The standard InChI is InChI=1S/C15H8ClF4N3O2/c16-11-5-9(15(18,19)20)6-23(14(11)24)7-12-21-13(22-25-12)8-1-3-10(17)4-2-8/h1-6H,7H2. The summed E-state index contributed by atoms with van der Waals surface area (Å²) in [6.45, 7) is -0.392. The molecule has 3 rings (SSSR count). The fraction of sp³-hybridized carbons (Fsp3) is 0.133. The molecule has 0 aliphatic carbocycles. The fourth-order valence-corrected chi connectivity index (χ4v) is 2.28. The summed E-state index contributed by atoms with van der Waals surface area (Å²) in [5.41, 5.74) is -1.45. The van der Waals surface area contributed by atoms with E-state index in [-0.39, 0.29) is 11.7 Å². The molecular formula is C15H8ClF4N3O2. The van der Waals surface area contributed by atoms with Crippen LogP contribution in [0.25, 0.3) is 11.4 Å². The first-order valence-electron chi connectivity index (χ1n) is 6.80. The molecule has 0 bridgehead atoms. The zero-order valence-electron chi connectivity index (χ0n) is 12.2. The highest BCUT2D eigenvalue weighted by Crippen LogP contribution is 2.29. The Bertz CT molecular complexity index is 964. The molecule has 0 unspecified atom stereocenters. The van der Waals surface area contributed by atoms with Crippen LogP contribution >= 0.6 is 11.6 Å². The fourth-order valence-electron chi connectivity index (χ4n) is 2.05. The highest BCUT2D eigenvalue weighted by Gasteiger charge is 2.32. The Labute approximate surface area is 142 Å². The van der Waals surface area contributed by atoms with Gasteiger partial charge in [-0.2, -0.15) is 18.2 Å². The molecule has 0 radical (unpaired) electrons. The van der Waals surface area contributed by atoms with Crippen molar-refractivity contribution >= 4 is 11.6 Å². The highest BCUT2D eigenvalue weighted by molar-refractivity contribution is 6.30. The van der Waals surface area contributed by atoms with E-state index in [0.717, 1.165) is 4.57 Å². The zero-order valence-corrected chi connectivity index (χ0v) is 13.0. The van der Waals surface area contributed by atoms with Crippen LogP contribution in [0.3, 0.4) is 0 Å². The minimum atomic E-state index is -4.66. The van der Waals surface area contributed by atoms with Crippen LogP contribution < -0.4 is 5.56 Å². The van der Waals surface area contributed by atoms with Crippen molar-refractivity contribution in [2.75, 3.05) is 0 Å². The van der Waals surface area contributed by atoms with E-state index in [4.69, 9.17) is 16.1 Å². The summed E-state index contributed by atoms with van der Waals surface area (Å²) in [6, 6.07) is 5.78. The first kappa shape index (κ1) is 17.2. The molecule has 2 heterocycles. The Kier molecular flexibility index (Phi) is 4.34. The largest absolute Gasteiger partial charge is 0.417 e. The molecule has 25 heavy (non-hydrogen) atoms. The van der Waals surface area contributed by atoms with E-state index in [2.05, 4.69) is 10.1 Å². The van der Waals surface area contributed by atoms with E-state index in [1.807, 2.05) is 0 Å². The molecule has 0 saturated heterocycles. The molecule has 0 saturated carbocycles. The molecule has 10 heteroatoms. The van der Waals surface area contributed by atoms with Gasteiger partial charge in [-0.1, -0.05) is 16.8 Å². The van der Waals surface area contributed by atoms with E-state index in [0.29, 0.717) is 17.8 Å². The molecule has 1 aromatic carbocycles. The van der Waals surface area contributed by atoms with Crippen LogP contribution in [-0.2, 0) is 12.7 Å². The van der Waals surface area contributed by atoms with Gasteiger partial charge in [-0.3, -0.25) is 4.79 Å². The Morgan fingerprint density at radius 1 is 1.20 bits per heavy atom. The van der Waals surface area contributed by atoms with Gasteiger partial charge in [-0.05, 0) is 30.3 Å². The maximum absolute atomic E-state index is 12.9. The van der Waals surface area contributed by atoms with Crippen LogP contribution in [0.1, 0.15) is 11.5 Å². The van der Waals surface area contributed by atoms with Crippen molar-refractivity contribution in [1.82, 2.24) is 14.7 Å². The van der Waals surface area contributed by atoms with Crippen molar-refractivity contribution in [2.24, 2.45) is 0 Å². The Morgan fingerprint density at radius 2 is 1.88 bits per heavy atom. The number of halogens is 5. The third-order valence-corrected chi connectivity index (χ3v) is 3.52. The SMILES string of the molecule is O=c1c(Cl)cc(C(F)(F)F)cn1Cc1nc(-c2ccc(F)cc2)no1. The molecule has 0 aliphatic rings. The van der Waals surface area contributed by atoms with Gasteiger partial charge in [-0.15, -0.1) is 0 Å². The van der Waals surface area contributed by atoms with Crippen molar-refractivity contribution in [3.8, 4) is 11.4 Å². The van der Waals surface area contributed by atoms with E-state index in [9.17, 15) is 22.4 Å².